The Balaban J connectivity index is 2.27. The zero-order chi connectivity index (χ0) is 17.4. The maximum absolute atomic E-state index is 6.27. The van der Waals surface area contributed by atoms with Gasteiger partial charge in [-0.1, -0.05) is 27.7 Å². The molecule has 23 heavy (non-hydrogen) atoms. The average molecular weight is 325 g/mol. The predicted molar refractivity (Wildman–Crippen MR) is 92.7 cm³/mol. The molecular weight excluding hydrogens is 291 g/mol. The van der Waals surface area contributed by atoms with Gasteiger partial charge < -0.3 is 18.6 Å². The van der Waals surface area contributed by atoms with Gasteiger partial charge >= 0.3 is 6.96 Å². The Labute approximate surface area is 142 Å². The summed E-state index contributed by atoms with van der Waals surface area (Å²) in [5.74, 6) is 1.43. The van der Waals surface area contributed by atoms with Crippen molar-refractivity contribution in [1.82, 2.24) is 0 Å². The summed E-state index contributed by atoms with van der Waals surface area (Å²) in [6.07, 6.45) is 3.83. The second kappa shape index (κ2) is 7.26. The summed E-state index contributed by atoms with van der Waals surface area (Å²) in [5.41, 5.74) is 0. The third kappa shape index (κ3) is 4.39. The van der Waals surface area contributed by atoms with E-state index in [0.717, 1.165) is 25.0 Å². The van der Waals surface area contributed by atoms with Crippen LogP contribution in [0, 0.1) is 35.9 Å². The molecule has 132 valence electrons. The summed E-state index contributed by atoms with van der Waals surface area (Å²) in [5, 5.41) is 0. The minimum absolute atomic E-state index is 0.0699. The first-order valence-electron chi connectivity index (χ1n) is 9.21. The number of rotatable bonds is 4. The Morgan fingerprint density at radius 3 is 1.30 bits per heavy atom. The summed E-state index contributed by atoms with van der Waals surface area (Å²) in [7, 11) is 0. The zero-order valence-corrected chi connectivity index (χ0v) is 16.1. The maximum atomic E-state index is 6.27. The Hall–Kier alpha value is -0.355. The molecule has 1 spiro atoms. The molecule has 0 bridgehead atoms. The molecule has 2 unspecified atom stereocenters. The highest BCUT2D eigenvalue weighted by molar-refractivity contribution is 6.54. The first-order chi connectivity index (χ1) is 10.6. The summed E-state index contributed by atoms with van der Waals surface area (Å²) in [6, 6.07) is 0. The summed E-state index contributed by atoms with van der Waals surface area (Å²) in [6.45, 7) is 15.1. The van der Waals surface area contributed by atoms with Gasteiger partial charge in [-0.15, -0.1) is 0 Å². The Morgan fingerprint density at radius 2 is 1.04 bits per heavy atom. The van der Waals surface area contributed by atoms with Gasteiger partial charge in [-0.25, -0.2) is 0 Å². The van der Waals surface area contributed by atoms with Crippen molar-refractivity contribution in [2.24, 2.45) is 23.7 Å². The lowest BCUT2D eigenvalue weighted by Crippen LogP contribution is -2.62. The van der Waals surface area contributed by atoms with E-state index in [1.807, 2.05) is 0 Å². The van der Waals surface area contributed by atoms with Crippen molar-refractivity contribution in [2.75, 3.05) is 0 Å². The molecule has 0 aromatic rings. The molecule has 2 saturated heterocycles. The van der Waals surface area contributed by atoms with Crippen LogP contribution in [-0.2, 0) is 18.6 Å². The lowest BCUT2D eigenvalue weighted by atomic mass is 9.83. The van der Waals surface area contributed by atoms with E-state index >= 15 is 0 Å². The van der Waals surface area contributed by atoms with Crippen molar-refractivity contribution in [3.63, 3.8) is 0 Å². The monoisotopic (exact) mass is 325 g/mol. The molecule has 2 aliphatic heterocycles. The van der Waals surface area contributed by atoms with Gasteiger partial charge in [-0.3, -0.25) is 0 Å². The molecule has 0 N–H and O–H groups in total. The smallest absolute Gasteiger partial charge is 0.508 e. The molecule has 0 aromatic carbocycles. The van der Waals surface area contributed by atoms with Gasteiger partial charge in [0.15, 0.2) is 0 Å². The highest BCUT2D eigenvalue weighted by atomic mass is 16.9. The minimum atomic E-state index is -2.19. The topological polar surface area (TPSA) is 36.9 Å². The predicted octanol–water partition coefficient (Wildman–Crippen LogP) is 4.72. The number of hydrogen-bond acceptors (Lipinski definition) is 4. The lowest BCUT2D eigenvalue weighted by molar-refractivity contribution is -0.147. The van der Waals surface area contributed by atoms with Crippen LogP contribution in [-0.4, -0.2) is 19.2 Å². The third-order valence-electron chi connectivity index (χ3n) is 4.85. The fraction of sp³-hybridized carbons (Fsp3) is 0.889. The molecule has 5 heteroatoms. The fourth-order valence-corrected chi connectivity index (χ4v) is 3.08. The quantitative estimate of drug-likeness (QED) is 0.553. The van der Waals surface area contributed by atoms with Crippen LogP contribution in [0.4, 0.5) is 0 Å². The van der Waals surface area contributed by atoms with Crippen molar-refractivity contribution < 1.29 is 18.6 Å². The SMILES string of the molecule is CC(C)[C+]1CC(C(C)C)O[B-]2(O1)O[C+](C(C)C)CC(C(C)C)O2. The molecule has 0 radical (unpaired) electrons. The van der Waals surface area contributed by atoms with Crippen LogP contribution in [0.3, 0.4) is 0 Å². The second-order valence-corrected chi connectivity index (χ2v) is 8.30. The van der Waals surface area contributed by atoms with Gasteiger partial charge in [-0.2, -0.15) is 0 Å². The van der Waals surface area contributed by atoms with Crippen LogP contribution < -0.4 is 0 Å². The van der Waals surface area contributed by atoms with Crippen molar-refractivity contribution in [1.29, 1.82) is 0 Å². The van der Waals surface area contributed by atoms with Crippen molar-refractivity contribution in [3.8, 4) is 0 Å². The summed E-state index contributed by atoms with van der Waals surface area (Å²) in [4.78, 5) is 0. The maximum Gasteiger partial charge on any atom is 0.611 e. The molecule has 0 saturated carbocycles. The van der Waals surface area contributed by atoms with Crippen LogP contribution in [0.25, 0.3) is 0 Å². The van der Waals surface area contributed by atoms with Crippen molar-refractivity contribution in [2.45, 2.75) is 80.4 Å². The van der Waals surface area contributed by atoms with Gasteiger partial charge in [0.1, 0.15) is 24.7 Å². The molecule has 4 nitrogen and oxygen atoms in total. The summed E-state index contributed by atoms with van der Waals surface area (Å²) >= 11 is 0. The highest BCUT2D eigenvalue weighted by Crippen LogP contribution is 2.44. The zero-order valence-electron chi connectivity index (χ0n) is 16.1. The van der Waals surface area contributed by atoms with Crippen molar-refractivity contribution in [3.05, 3.63) is 12.2 Å². The first-order valence-corrected chi connectivity index (χ1v) is 9.21. The van der Waals surface area contributed by atoms with Crippen LogP contribution in [0.1, 0.15) is 68.2 Å². The molecule has 0 aromatic heterocycles. The van der Waals surface area contributed by atoms with Crippen LogP contribution in [0.2, 0.25) is 0 Å². The van der Waals surface area contributed by atoms with E-state index < -0.39 is 6.96 Å². The van der Waals surface area contributed by atoms with E-state index in [-0.39, 0.29) is 12.2 Å². The average Bonchev–Trinajstić information content (AvgIpc) is 2.45. The van der Waals surface area contributed by atoms with Crippen LogP contribution in [0.5, 0.6) is 0 Å². The Bertz CT molecular complexity index is 312. The van der Waals surface area contributed by atoms with Crippen LogP contribution in [0.15, 0.2) is 0 Å². The molecular formula is C18H34BO4+. The standard InChI is InChI=1S/C18H34BO4/c1-11(2)15-9-16(12(3)4)21-19(20-15)22-17(13(5)6)10-18(23-19)14(7)8/h11-15,17H,9-10H2,1-8H3/q+1. The van der Waals surface area contributed by atoms with Gasteiger partial charge in [-0.05, 0) is 39.5 Å². The van der Waals surface area contributed by atoms with Gasteiger partial charge in [0.2, 0.25) is 12.2 Å². The third-order valence-corrected chi connectivity index (χ3v) is 4.85. The molecule has 0 aliphatic carbocycles. The Morgan fingerprint density at radius 1 is 0.696 bits per heavy atom. The largest absolute Gasteiger partial charge is 0.611 e. The normalized spacial score (nSPS) is 32.9. The Kier molecular flexibility index (Phi) is 5.99. The van der Waals surface area contributed by atoms with E-state index in [9.17, 15) is 0 Å². The van der Waals surface area contributed by atoms with E-state index in [0.29, 0.717) is 23.7 Å². The van der Waals surface area contributed by atoms with Gasteiger partial charge in [0, 0.05) is 0 Å². The molecule has 2 heterocycles. The van der Waals surface area contributed by atoms with Crippen molar-refractivity contribution >= 4 is 6.96 Å². The number of hydrogen-bond donors (Lipinski definition) is 0. The molecule has 0 amide bonds. The molecule has 2 aliphatic rings. The van der Waals surface area contributed by atoms with E-state index in [1.165, 1.54) is 0 Å². The molecule has 2 rings (SSSR count). The first kappa shape index (κ1) is 19.0. The fourth-order valence-electron chi connectivity index (χ4n) is 3.08. The summed E-state index contributed by atoms with van der Waals surface area (Å²) < 4.78 is 25.0. The second-order valence-electron chi connectivity index (χ2n) is 8.30. The highest BCUT2D eigenvalue weighted by Gasteiger charge is 2.59. The lowest BCUT2D eigenvalue weighted by Gasteiger charge is -2.49. The van der Waals surface area contributed by atoms with E-state index in [4.69, 9.17) is 18.6 Å². The minimum Gasteiger partial charge on any atom is -0.508 e. The van der Waals surface area contributed by atoms with E-state index in [2.05, 4.69) is 55.4 Å². The molecule has 2 atom stereocenters. The van der Waals surface area contributed by atoms with Gasteiger partial charge in [0.05, 0.1) is 12.2 Å². The van der Waals surface area contributed by atoms with Gasteiger partial charge in [0.25, 0.3) is 0 Å². The van der Waals surface area contributed by atoms with E-state index in [1.54, 1.807) is 0 Å². The van der Waals surface area contributed by atoms with Crippen LogP contribution >= 0.6 is 0 Å². The molecule has 2 fully saturated rings.